The van der Waals surface area contributed by atoms with E-state index >= 15 is 0 Å². The van der Waals surface area contributed by atoms with Gasteiger partial charge in [-0.3, -0.25) is 15.3 Å². The lowest BCUT2D eigenvalue weighted by Crippen LogP contribution is -2.06. The summed E-state index contributed by atoms with van der Waals surface area (Å²) in [7, 11) is 0. The van der Waals surface area contributed by atoms with Gasteiger partial charge in [0.05, 0.1) is 13.1 Å². The molecule has 396 valence electrons. The van der Waals surface area contributed by atoms with Crippen molar-refractivity contribution in [2.24, 2.45) is 5.73 Å². The highest BCUT2D eigenvalue weighted by Gasteiger charge is 2.27. The van der Waals surface area contributed by atoms with Crippen molar-refractivity contribution in [2.45, 2.75) is 90.1 Å². The van der Waals surface area contributed by atoms with Gasteiger partial charge >= 0.3 is 0 Å². The van der Waals surface area contributed by atoms with Gasteiger partial charge in [0, 0.05) is 106 Å². The molecule has 13 rings (SSSR count). The van der Waals surface area contributed by atoms with Crippen molar-refractivity contribution in [2.75, 3.05) is 21.7 Å². The van der Waals surface area contributed by atoms with E-state index in [1.165, 1.54) is 55.6 Å². The summed E-state index contributed by atoms with van der Waals surface area (Å²) in [6.45, 7) is 6.44. The van der Waals surface area contributed by atoms with Gasteiger partial charge in [0.25, 0.3) is 0 Å². The van der Waals surface area contributed by atoms with E-state index in [-0.39, 0.29) is 10.6 Å². The van der Waals surface area contributed by atoms with Crippen LogP contribution in [0.1, 0.15) is 102 Å². The van der Waals surface area contributed by atoms with Crippen molar-refractivity contribution in [1.82, 2.24) is 70.8 Å². The lowest BCUT2D eigenvalue weighted by atomic mass is 10.1. The molecule has 77 heavy (non-hydrogen) atoms. The predicted octanol–water partition coefficient (Wildman–Crippen LogP) is 11.9. The largest absolute Gasteiger partial charge is 0.382 e. The van der Waals surface area contributed by atoms with E-state index in [0.29, 0.717) is 65.0 Å². The van der Waals surface area contributed by atoms with Crippen molar-refractivity contribution < 1.29 is 9.05 Å². The standard InChI is InChI=1S/C21H21N7O.C11H12ClN5.C10H10N2O.C6H9N3.C5H4Cl2N2/c1-13-9-19(24-20-11-17(26-27-20)15-7-8-15)25-21(23-13)22-12-16-10-18(28-29-16)14-5-3-2-4-6-14;1-6-4-9(15-11(12)13-6)14-10-5-8(16-17-10)7-2-3-7;11-7-9-6-10(12-13-9)8-4-2-1-3-5-8;7-6-3-5(8-9-6)4-1-2-4;1-3-2-4(6)9-5(7)8-3/h2-6,9-11,15H,7-8,12H2,1H3,(H3,22,23,24,25,26,27);4-5,7H,2-3H2,1H3,(H2,13,14,15,16,17);1-6H,7,11H2;3-4H,1-2H2,(H3,7,8,9);2H,1H3. The first-order valence-electron chi connectivity index (χ1n) is 24.8. The van der Waals surface area contributed by atoms with Crippen LogP contribution in [-0.2, 0) is 13.1 Å². The number of H-pyrrole nitrogens is 3. The molecule has 2 aromatic carbocycles. The number of nitrogens with one attached hydrogen (secondary N) is 6. The molecule has 3 aliphatic carbocycles. The lowest BCUT2D eigenvalue weighted by Gasteiger charge is -2.07. The second-order valence-corrected chi connectivity index (χ2v) is 19.4. The molecule has 0 unspecified atom stereocenters. The van der Waals surface area contributed by atoms with Crippen LogP contribution in [0.15, 0.2) is 118 Å². The maximum atomic E-state index is 5.79. The highest BCUT2D eigenvalue weighted by Crippen LogP contribution is 2.41. The average molecular weight is 1100 g/mol. The van der Waals surface area contributed by atoms with Gasteiger partial charge in [-0.1, -0.05) is 82.6 Å². The summed E-state index contributed by atoms with van der Waals surface area (Å²) in [6.07, 6.45) is 7.55. The highest BCUT2D eigenvalue weighted by atomic mass is 35.5. The van der Waals surface area contributed by atoms with Gasteiger partial charge in [0.2, 0.25) is 16.5 Å². The molecule has 8 aromatic heterocycles. The molecule has 3 aliphatic rings. The van der Waals surface area contributed by atoms with Crippen molar-refractivity contribution >= 4 is 69.8 Å². The molecular formula is C53H56Cl3N19O2. The van der Waals surface area contributed by atoms with Crippen LogP contribution in [0.5, 0.6) is 0 Å². The molecule has 0 saturated heterocycles. The van der Waals surface area contributed by atoms with E-state index in [1.54, 1.807) is 13.0 Å². The fourth-order valence-electron chi connectivity index (χ4n) is 7.49. The fraction of sp³-hybridized carbons (Fsp3) is 0.264. The van der Waals surface area contributed by atoms with Gasteiger partial charge in [0.1, 0.15) is 34.0 Å². The quantitative estimate of drug-likeness (QED) is 0.0393. The third-order valence-corrected chi connectivity index (χ3v) is 12.3. The Kier molecular flexibility index (Phi) is 17.8. The van der Waals surface area contributed by atoms with Crippen molar-refractivity contribution in [3.8, 4) is 22.5 Å². The summed E-state index contributed by atoms with van der Waals surface area (Å²) in [5.74, 6) is 7.45. The minimum absolute atomic E-state index is 0.194. The van der Waals surface area contributed by atoms with E-state index in [2.05, 4.69) is 86.8 Å². The summed E-state index contributed by atoms with van der Waals surface area (Å²) in [5.41, 5.74) is 20.5. The number of hydrogen-bond donors (Lipinski definition) is 8. The second-order valence-electron chi connectivity index (χ2n) is 18.4. The summed E-state index contributed by atoms with van der Waals surface area (Å²) in [4.78, 5) is 24.5. The minimum Gasteiger partial charge on any atom is -0.382 e. The fourth-order valence-corrected chi connectivity index (χ4v) is 8.22. The smallest absolute Gasteiger partial charge is 0.225 e. The monoisotopic (exact) mass is 1100 g/mol. The molecule has 24 heteroatoms. The van der Waals surface area contributed by atoms with Gasteiger partial charge in [-0.2, -0.15) is 20.3 Å². The maximum Gasteiger partial charge on any atom is 0.225 e. The summed E-state index contributed by atoms with van der Waals surface area (Å²) >= 11 is 16.7. The number of rotatable bonds is 13. The molecular weight excluding hydrogens is 1040 g/mol. The Labute approximate surface area is 458 Å². The van der Waals surface area contributed by atoms with Crippen molar-refractivity contribution in [3.63, 3.8) is 0 Å². The second kappa shape index (κ2) is 25.5. The molecule has 0 atom stereocenters. The Bertz CT molecular complexity index is 3390. The molecule has 21 nitrogen and oxygen atoms in total. The first kappa shape index (κ1) is 53.6. The third-order valence-electron chi connectivity index (χ3n) is 11.7. The molecule has 10 N–H and O–H groups in total. The zero-order valence-electron chi connectivity index (χ0n) is 42.3. The molecule has 10 aromatic rings. The van der Waals surface area contributed by atoms with E-state index in [0.717, 1.165) is 57.2 Å². The zero-order chi connectivity index (χ0) is 53.7. The van der Waals surface area contributed by atoms with Crippen LogP contribution >= 0.6 is 34.8 Å². The van der Waals surface area contributed by atoms with Gasteiger partial charge in [-0.25, -0.2) is 24.9 Å². The van der Waals surface area contributed by atoms with Gasteiger partial charge in [-0.15, -0.1) is 0 Å². The van der Waals surface area contributed by atoms with Crippen LogP contribution in [0.4, 0.5) is 35.0 Å². The normalized spacial score (nSPS) is 13.3. The topological polar surface area (TPSA) is 304 Å². The molecule has 8 heterocycles. The van der Waals surface area contributed by atoms with Gasteiger partial charge in [0.15, 0.2) is 23.2 Å². The lowest BCUT2D eigenvalue weighted by molar-refractivity contribution is 0.387. The highest BCUT2D eigenvalue weighted by molar-refractivity contribution is 6.31. The van der Waals surface area contributed by atoms with Crippen LogP contribution in [0.25, 0.3) is 22.5 Å². The Morgan fingerprint density at radius 2 is 0.987 bits per heavy atom. The molecule has 3 saturated carbocycles. The zero-order valence-corrected chi connectivity index (χ0v) is 44.6. The van der Waals surface area contributed by atoms with Crippen LogP contribution in [-0.4, -0.2) is 70.8 Å². The maximum absolute atomic E-state index is 5.79. The number of aromatic nitrogens is 14. The number of hydrogen-bond acceptors (Lipinski definition) is 18. The number of anilines is 6. The SMILES string of the molecule is Cc1cc(Cl)nc(Cl)n1.Cc1cc(Nc2cc(C3CC3)[nH]n2)nc(Cl)n1.Cc1cc(Nc2cc(C3CC3)[nH]n2)nc(NCc2cc(-c3ccccc3)no2)n1.NCc1cc(-c2ccccc2)no1.Nc1cc(C2CC2)[nH]n1. The minimum atomic E-state index is 0.194. The first-order valence-corrected chi connectivity index (χ1v) is 26.0. The Hall–Kier alpha value is -8.24. The first-order chi connectivity index (χ1) is 37.4. The molecule has 0 radical (unpaired) electrons. The summed E-state index contributed by atoms with van der Waals surface area (Å²) in [5, 5.41) is 39.8. The van der Waals surface area contributed by atoms with Crippen LogP contribution in [0.2, 0.25) is 15.7 Å². The van der Waals surface area contributed by atoms with E-state index in [1.807, 2.05) is 117 Å². The molecule has 0 bridgehead atoms. The number of nitrogen functional groups attached to an aromatic ring is 1. The van der Waals surface area contributed by atoms with Crippen LogP contribution in [0.3, 0.4) is 0 Å². The third kappa shape index (κ3) is 16.6. The molecule has 0 spiro atoms. The number of nitrogens with zero attached hydrogens (tertiary/aromatic N) is 11. The number of benzene rings is 2. The number of nitrogens with two attached hydrogens (primary N) is 2. The predicted molar refractivity (Wildman–Crippen MR) is 297 cm³/mol. The van der Waals surface area contributed by atoms with E-state index < -0.39 is 0 Å². The van der Waals surface area contributed by atoms with Crippen molar-refractivity contribution in [3.05, 3.63) is 171 Å². The van der Waals surface area contributed by atoms with Crippen LogP contribution < -0.4 is 27.4 Å². The molecule has 3 fully saturated rings. The van der Waals surface area contributed by atoms with E-state index in [9.17, 15) is 0 Å². The Morgan fingerprint density at radius 3 is 1.45 bits per heavy atom. The van der Waals surface area contributed by atoms with Crippen LogP contribution in [0, 0.1) is 20.8 Å². The summed E-state index contributed by atoms with van der Waals surface area (Å²) in [6, 6.07) is 34.9. The number of aryl methyl sites for hydroxylation is 3. The Balaban J connectivity index is 0.000000128. The number of aromatic amines is 3. The summed E-state index contributed by atoms with van der Waals surface area (Å²) < 4.78 is 10.4. The molecule has 0 aliphatic heterocycles. The average Bonchev–Trinajstić information content (AvgIpc) is 4.38. The van der Waals surface area contributed by atoms with Crippen molar-refractivity contribution in [1.29, 1.82) is 0 Å². The van der Waals surface area contributed by atoms with Gasteiger partial charge in [-0.05, 0) is 88.6 Å². The Morgan fingerprint density at radius 1 is 0.519 bits per heavy atom. The molecule has 0 amide bonds. The van der Waals surface area contributed by atoms with Gasteiger partial charge < -0.3 is 36.5 Å². The van der Waals surface area contributed by atoms with E-state index in [4.69, 9.17) is 55.3 Å². The number of halogens is 3.